The fraction of sp³-hybridized carbons (Fsp3) is 0.640. The molecule has 3 atom stereocenters. The van der Waals surface area contributed by atoms with Gasteiger partial charge in [-0.1, -0.05) is 6.07 Å². The number of nitrogens with one attached hydrogen (secondary N) is 2. The van der Waals surface area contributed by atoms with E-state index in [9.17, 15) is 28.0 Å². The number of hydrogen-bond acceptors (Lipinski definition) is 6. The maximum Gasteiger partial charge on any atom is 0.416 e. The Bertz CT molecular complexity index is 1050. The first-order chi connectivity index (χ1) is 17.2. The summed E-state index contributed by atoms with van der Waals surface area (Å²) in [5.74, 6) is -0.434. The average Bonchev–Trinajstić information content (AvgIpc) is 3.47. The quantitative estimate of drug-likeness (QED) is 0.599. The number of benzene rings is 1. The summed E-state index contributed by atoms with van der Waals surface area (Å²) in [5, 5.41) is 15.4. The first-order valence-corrected chi connectivity index (χ1v) is 13.4. The van der Waals surface area contributed by atoms with Crippen LogP contribution in [0.15, 0.2) is 29.2 Å². The third-order valence-electron chi connectivity index (χ3n) is 7.76. The van der Waals surface area contributed by atoms with E-state index in [4.69, 9.17) is 0 Å². The van der Waals surface area contributed by atoms with Crippen LogP contribution in [0.5, 0.6) is 0 Å². The number of carbonyl (C=O) groups is 2. The predicted octanol–water partition coefficient (Wildman–Crippen LogP) is 2.77. The van der Waals surface area contributed by atoms with Gasteiger partial charge < -0.3 is 15.5 Å². The van der Waals surface area contributed by atoms with Gasteiger partial charge in [-0.15, -0.1) is 11.8 Å². The number of amides is 2. The SMILES string of the molecule is N#CC1(NC(=O)[C@@H]2C[C@@H](Sc3cccc(C(F)(F)F)c3)CN2C(=O)C2CCN2C2CCNCC2)CC1. The highest BCUT2D eigenvalue weighted by Gasteiger charge is 2.50. The van der Waals surface area contributed by atoms with Gasteiger partial charge in [0, 0.05) is 29.3 Å². The van der Waals surface area contributed by atoms with E-state index in [1.165, 1.54) is 17.8 Å². The first kappa shape index (κ1) is 25.4. The molecule has 2 N–H and O–H groups in total. The number of carbonyl (C=O) groups excluding carboxylic acids is 2. The molecule has 0 radical (unpaired) electrons. The molecule has 1 aromatic rings. The number of nitrogens with zero attached hydrogens (tertiary/aromatic N) is 3. The minimum atomic E-state index is -4.44. The third-order valence-corrected chi connectivity index (χ3v) is 8.96. The maximum absolute atomic E-state index is 13.7. The predicted molar refractivity (Wildman–Crippen MR) is 128 cm³/mol. The van der Waals surface area contributed by atoms with Crippen molar-refractivity contribution in [2.45, 2.75) is 78.5 Å². The summed E-state index contributed by atoms with van der Waals surface area (Å²) >= 11 is 1.27. The number of nitriles is 1. The molecule has 3 aliphatic heterocycles. The lowest BCUT2D eigenvalue weighted by atomic mass is 9.93. The van der Waals surface area contributed by atoms with E-state index in [2.05, 4.69) is 21.6 Å². The van der Waals surface area contributed by atoms with Crippen molar-refractivity contribution in [3.05, 3.63) is 29.8 Å². The summed E-state index contributed by atoms with van der Waals surface area (Å²) in [6.07, 6.45) is -0.232. The number of halogens is 3. The molecule has 2 amide bonds. The highest BCUT2D eigenvalue weighted by Crippen LogP contribution is 2.39. The molecule has 3 saturated heterocycles. The van der Waals surface area contributed by atoms with Gasteiger partial charge in [0.05, 0.1) is 17.7 Å². The molecular weight excluding hydrogens is 491 g/mol. The van der Waals surface area contributed by atoms with E-state index in [0.29, 0.717) is 30.2 Å². The van der Waals surface area contributed by atoms with Gasteiger partial charge in [0.2, 0.25) is 11.8 Å². The van der Waals surface area contributed by atoms with Crippen LogP contribution < -0.4 is 10.6 Å². The van der Waals surface area contributed by atoms with Gasteiger partial charge >= 0.3 is 6.18 Å². The van der Waals surface area contributed by atoms with Gasteiger partial charge in [0.15, 0.2) is 0 Å². The topological polar surface area (TPSA) is 88.5 Å². The summed E-state index contributed by atoms with van der Waals surface area (Å²) in [7, 11) is 0. The smallest absolute Gasteiger partial charge is 0.336 e. The fourth-order valence-electron chi connectivity index (χ4n) is 5.46. The van der Waals surface area contributed by atoms with Gasteiger partial charge in [-0.3, -0.25) is 14.5 Å². The molecule has 11 heteroatoms. The van der Waals surface area contributed by atoms with Crippen molar-refractivity contribution in [3.8, 4) is 6.07 Å². The van der Waals surface area contributed by atoms with Crippen LogP contribution in [0.1, 0.15) is 44.1 Å². The lowest BCUT2D eigenvalue weighted by molar-refractivity contribution is -0.148. The number of likely N-dealkylation sites (tertiary alicyclic amines) is 2. The third kappa shape index (κ3) is 5.22. The Morgan fingerprint density at radius 2 is 1.92 bits per heavy atom. The number of hydrogen-bond donors (Lipinski definition) is 2. The van der Waals surface area contributed by atoms with Crippen molar-refractivity contribution < 1.29 is 22.8 Å². The van der Waals surface area contributed by atoms with E-state index >= 15 is 0 Å². The lowest BCUT2D eigenvalue weighted by Gasteiger charge is -2.48. The molecule has 1 aromatic carbocycles. The van der Waals surface area contributed by atoms with Crippen LogP contribution >= 0.6 is 11.8 Å². The van der Waals surface area contributed by atoms with Crippen LogP contribution in [0.25, 0.3) is 0 Å². The van der Waals surface area contributed by atoms with Crippen LogP contribution in [0.4, 0.5) is 13.2 Å². The molecule has 5 rings (SSSR count). The zero-order valence-corrected chi connectivity index (χ0v) is 20.7. The van der Waals surface area contributed by atoms with E-state index in [1.807, 2.05) is 0 Å². The molecule has 0 aromatic heterocycles. The minimum Gasteiger partial charge on any atom is -0.336 e. The summed E-state index contributed by atoms with van der Waals surface area (Å²) in [6.45, 7) is 2.98. The molecule has 0 spiro atoms. The van der Waals surface area contributed by atoms with Gasteiger partial charge in [0.1, 0.15) is 11.6 Å². The van der Waals surface area contributed by atoms with Gasteiger partial charge in [-0.25, -0.2) is 0 Å². The molecule has 1 saturated carbocycles. The monoisotopic (exact) mass is 521 g/mol. The highest BCUT2D eigenvalue weighted by molar-refractivity contribution is 8.00. The Morgan fingerprint density at radius 1 is 1.17 bits per heavy atom. The lowest BCUT2D eigenvalue weighted by Crippen LogP contribution is -2.63. The average molecular weight is 522 g/mol. The van der Waals surface area contributed by atoms with E-state index in [-0.39, 0.29) is 29.7 Å². The summed E-state index contributed by atoms with van der Waals surface area (Å²) in [4.78, 5) is 31.2. The zero-order valence-electron chi connectivity index (χ0n) is 19.9. The van der Waals surface area contributed by atoms with Gasteiger partial charge in [-0.2, -0.15) is 18.4 Å². The maximum atomic E-state index is 13.7. The molecule has 194 valence electrons. The summed E-state index contributed by atoms with van der Waals surface area (Å²) in [6, 6.07) is 6.64. The second kappa shape index (κ2) is 9.88. The van der Waals surface area contributed by atoms with E-state index in [0.717, 1.165) is 51.0 Å². The molecule has 4 aliphatic rings. The standard InChI is InChI=1S/C25H30F3N5O2S/c26-25(27,28)16-2-1-3-18(12-16)36-19-13-21(22(34)31-24(15-29)7-8-24)33(14-19)23(35)20-6-11-32(20)17-4-9-30-10-5-17/h1-3,12,17,19-21,30H,4-11,13-14H2,(H,31,34)/t19-,20?,21+/m1/s1. The first-order valence-electron chi connectivity index (χ1n) is 12.5. The molecule has 1 aliphatic carbocycles. The normalized spacial score (nSPS) is 28.3. The van der Waals surface area contributed by atoms with Crippen LogP contribution in [0.2, 0.25) is 0 Å². The second-order valence-corrected chi connectivity index (χ2v) is 11.6. The van der Waals surface area contributed by atoms with Gasteiger partial charge in [0.25, 0.3) is 0 Å². The van der Waals surface area contributed by atoms with E-state index < -0.39 is 23.3 Å². The molecule has 0 bridgehead atoms. The molecule has 1 unspecified atom stereocenters. The Morgan fingerprint density at radius 3 is 2.53 bits per heavy atom. The van der Waals surface area contributed by atoms with Gasteiger partial charge in [-0.05, 0) is 69.8 Å². The van der Waals surface area contributed by atoms with Crippen LogP contribution in [0.3, 0.4) is 0 Å². The summed E-state index contributed by atoms with van der Waals surface area (Å²) in [5.41, 5.74) is -1.57. The van der Waals surface area contributed by atoms with Crippen molar-refractivity contribution in [2.75, 3.05) is 26.2 Å². The number of piperidine rings is 1. The Hall–Kier alpha value is -2.29. The fourth-order valence-corrected chi connectivity index (χ4v) is 6.71. The molecule has 4 fully saturated rings. The van der Waals surface area contributed by atoms with Crippen molar-refractivity contribution in [2.24, 2.45) is 0 Å². The Balaban J connectivity index is 1.32. The minimum absolute atomic E-state index is 0.0890. The molecular formula is C25H30F3N5O2S. The Labute approximate surface area is 212 Å². The van der Waals surface area contributed by atoms with Crippen molar-refractivity contribution >= 4 is 23.6 Å². The van der Waals surface area contributed by atoms with Crippen molar-refractivity contribution in [1.82, 2.24) is 20.4 Å². The van der Waals surface area contributed by atoms with E-state index in [1.54, 1.807) is 11.0 Å². The van der Waals surface area contributed by atoms with Crippen LogP contribution in [0, 0.1) is 11.3 Å². The number of thioether (sulfide) groups is 1. The van der Waals surface area contributed by atoms with Crippen molar-refractivity contribution in [1.29, 1.82) is 5.26 Å². The van der Waals surface area contributed by atoms with Crippen LogP contribution in [-0.4, -0.2) is 76.7 Å². The second-order valence-electron chi connectivity index (χ2n) is 10.2. The zero-order chi connectivity index (χ0) is 25.5. The number of alkyl halides is 3. The van der Waals surface area contributed by atoms with Crippen LogP contribution in [-0.2, 0) is 15.8 Å². The number of rotatable bonds is 6. The summed E-state index contributed by atoms with van der Waals surface area (Å²) < 4.78 is 39.6. The highest BCUT2D eigenvalue weighted by atomic mass is 32.2. The molecule has 3 heterocycles. The largest absolute Gasteiger partial charge is 0.416 e. The molecule has 7 nitrogen and oxygen atoms in total. The Kier molecular flexibility index (Phi) is 6.96. The molecule has 36 heavy (non-hydrogen) atoms. The van der Waals surface area contributed by atoms with Crippen molar-refractivity contribution in [3.63, 3.8) is 0 Å².